The van der Waals surface area contributed by atoms with Gasteiger partial charge in [-0.3, -0.25) is 4.68 Å². The first-order valence-corrected chi connectivity index (χ1v) is 10.6. The molecule has 5 rings (SSSR count). The Balaban J connectivity index is 1.61. The fraction of sp³-hybridized carbons (Fsp3) is 0.320. The van der Waals surface area contributed by atoms with Crippen LogP contribution in [-0.2, 0) is 13.5 Å². The van der Waals surface area contributed by atoms with Crippen LogP contribution in [0.4, 0.5) is 25.8 Å². The molecule has 0 fully saturated rings. The number of fused-ring (bicyclic) bond motifs is 2. The Morgan fingerprint density at radius 3 is 2.65 bits per heavy atom. The van der Waals surface area contributed by atoms with E-state index < -0.39 is 6.43 Å². The van der Waals surface area contributed by atoms with Crippen molar-refractivity contribution in [1.29, 1.82) is 0 Å². The monoisotopic (exact) mass is 420 g/mol. The van der Waals surface area contributed by atoms with Crippen molar-refractivity contribution in [3.05, 3.63) is 71.7 Å². The smallest absolute Gasteiger partial charge is 0.264 e. The molecule has 3 heterocycles. The maximum absolute atomic E-state index is 14.1. The Morgan fingerprint density at radius 1 is 1.13 bits per heavy atom. The predicted octanol–water partition coefficient (Wildman–Crippen LogP) is 6.18. The summed E-state index contributed by atoms with van der Waals surface area (Å²) in [6.45, 7) is 7.17. The zero-order chi connectivity index (χ0) is 21.9. The number of hydrogen-bond donors (Lipinski definition) is 0. The van der Waals surface area contributed by atoms with E-state index in [1.54, 1.807) is 30.2 Å². The van der Waals surface area contributed by atoms with Crippen molar-refractivity contribution in [3.63, 3.8) is 0 Å². The predicted molar refractivity (Wildman–Crippen MR) is 121 cm³/mol. The molecular formula is C25H26F2N4. The lowest BCUT2D eigenvalue weighted by atomic mass is 9.92. The second kappa shape index (κ2) is 7.22. The van der Waals surface area contributed by atoms with Crippen molar-refractivity contribution in [2.75, 3.05) is 23.4 Å². The molecule has 1 unspecified atom stereocenters. The molecule has 0 saturated heterocycles. The van der Waals surface area contributed by atoms with Crippen molar-refractivity contribution in [1.82, 2.24) is 9.78 Å². The molecule has 1 atom stereocenters. The molecular weight excluding hydrogens is 394 g/mol. The molecule has 6 heteroatoms. The van der Waals surface area contributed by atoms with Gasteiger partial charge in [-0.05, 0) is 53.8 Å². The summed E-state index contributed by atoms with van der Waals surface area (Å²) >= 11 is 0. The molecule has 2 aromatic carbocycles. The van der Waals surface area contributed by atoms with Gasteiger partial charge < -0.3 is 9.80 Å². The number of allylic oxidation sites excluding steroid dienone is 1. The molecule has 0 amide bonds. The van der Waals surface area contributed by atoms with E-state index in [0.717, 1.165) is 53.3 Å². The van der Waals surface area contributed by atoms with Gasteiger partial charge in [-0.25, -0.2) is 8.78 Å². The molecule has 0 saturated carbocycles. The molecule has 1 aromatic heterocycles. The highest BCUT2D eigenvalue weighted by atomic mass is 19.3. The number of rotatable bonds is 3. The Hall–Kier alpha value is -3.15. The topological polar surface area (TPSA) is 24.3 Å². The SMILES string of the molecule is C=C1C(C)c2ccc(N3CCCc4cc(-c5cnn(C)c5)c(C(F)F)cc43)cc2N1C. The number of anilines is 3. The van der Waals surface area contributed by atoms with Crippen LogP contribution in [-0.4, -0.2) is 23.4 Å². The standard InChI is InChI=1S/C25H26F2N4/c1-15-16(2)30(4)24-11-19(7-8-20(15)24)31-9-5-6-17-10-21(18-13-28-29(3)14-18)22(25(26)27)12-23(17)31/h7-8,10-15,25H,2,5-6,9H2,1,3-4H3. The van der Waals surface area contributed by atoms with Crippen molar-refractivity contribution in [2.24, 2.45) is 7.05 Å². The zero-order valence-corrected chi connectivity index (χ0v) is 18.1. The summed E-state index contributed by atoms with van der Waals surface area (Å²) in [5.41, 5.74) is 7.83. The fourth-order valence-corrected chi connectivity index (χ4v) is 4.89. The number of benzene rings is 2. The highest BCUT2D eigenvalue weighted by Gasteiger charge is 2.29. The number of hydrogen-bond acceptors (Lipinski definition) is 3. The van der Waals surface area contributed by atoms with E-state index in [2.05, 4.69) is 46.6 Å². The van der Waals surface area contributed by atoms with Crippen molar-refractivity contribution in [2.45, 2.75) is 32.1 Å². The van der Waals surface area contributed by atoms with Crippen LogP contribution < -0.4 is 9.80 Å². The van der Waals surface area contributed by atoms with Crippen LogP contribution in [0.5, 0.6) is 0 Å². The third kappa shape index (κ3) is 3.12. The minimum atomic E-state index is -2.56. The van der Waals surface area contributed by atoms with Crippen molar-refractivity contribution in [3.8, 4) is 11.1 Å². The molecule has 0 radical (unpaired) electrons. The van der Waals surface area contributed by atoms with E-state index in [1.165, 1.54) is 5.56 Å². The van der Waals surface area contributed by atoms with Crippen molar-refractivity contribution < 1.29 is 8.78 Å². The molecule has 0 N–H and O–H groups in total. The molecule has 4 nitrogen and oxygen atoms in total. The summed E-state index contributed by atoms with van der Waals surface area (Å²) in [6, 6.07) is 10.0. The first-order chi connectivity index (χ1) is 14.8. The highest BCUT2D eigenvalue weighted by Crippen LogP contribution is 2.46. The van der Waals surface area contributed by atoms with Gasteiger partial charge in [-0.15, -0.1) is 0 Å². The lowest BCUT2D eigenvalue weighted by Crippen LogP contribution is -2.25. The first kappa shape index (κ1) is 19.8. The minimum absolute atomic E-state index is 0.0546. The van der Waals surface area contributed by atoms with E-state index in [-0.39, 0.29) is 11.5 Å². The van der Waals surface area contributed by atoms with Gasteiger partial charge in [0.1, 0.15) is 0 Å². The average Bonchev–Trinajstić information content (AvgIpc) is 3.29. The van der Waals surface area contributed by atoms with Crippen LogP contribution in [0, 0.1) is 0 Å². The number of aryl methyl sites for hydroxylation is 2. The molecule has 3 aromatic rings. The average molecular weight is 421 g/mol. The number of halogens is 2. The van der Waals surface area contributed by atoms with Crippen LogP contribution in [0.2, 0.25) is 0 Å². The first-order valence-electron chi connectivity index (χ1n) is 10.6. The molecule has 0 bridgehead atoms. The lowest BCUT2D eigenvalue weighted by Gasteiger charge is -2.33. The molecule has 31 heavy (non-hydrogen) atoms. The maximum atomic E-state index is 14.1. The summed E-state index contributed by atoms with van der Waals surface area (Å²) in [6.07, 6.45) is 2.74. The van der Waals surface area contributed by atoms with E-state index >= 15 is 0 Å². The summed E-state index contributed by atoms with van der Waals surface area (Å²) in [5, 5.41) is 4.17. The number of likely N-dealkylation sites (N-methyl/N-ethyl adjacent to an activating group) is 1. The minimum Gasteiger partial charge on any atom is -0.348 e. The van der Waals surface area contributed by atoms with E-state index in [0.29, 0.717) is 5.56 Å². The third-order valence-electron chi connectivity index (χ3n) is 6.70. The quantitative estimate of drug-likeness (QED) is 0.506. The third-order valence-corrected chi connectivity index (χ3v) is 6.70. The fourth-order valence-electron chi connectivity index (χ4n) is 4.89. The maximum Gasteiger partial charge on any atom is 0.264 e. The van der Waals surface area contributed by atoms with Gasteiger partial charge in [-0.2, -0.15) is 5.10 Å². The summed E-state index contributed by atoms with van der Waals surface area (Å²) in [5.74, 6) is 0.287. The van der Waals surface area contributed by atoms with Gasteiger partial charge in [0.2, 0.25) is 0 Å². The Kier molecular flexibility index (Phi) is 4.61. The second-order valence-corrected chi connectivity index (χ2v) is 8.54. The van der Waals surface area contributed by atoms with Crippen molar-refractivity contribution >= 4 is 17.1 Å². The Labute approximate surface area is 181 Å². The van der Waals surface area contributed by atoms with Gasteiger partial charge in [0.05, 0.1) is 6.20 Å². The summed E-state index contributed by atoms with van der Waals surface area (Å²) in [7, 11) is 3.83. The Bertz CT molecular complexity index is 1180. The normalized spacial score (nSPS) is 18.0. The molecule has 160 valence electrons. The zero-order valence-electron chi connectivity index (χ0n) is 18.1. The second-order valence-electron chi connectivity index (χ2n) is 8.54. The van der Waals surface area contributed by atoms with E-state index in [1.807, 2.05) is 13.1 Å². The van der Waals surface area contributed by atoms with Crippen LogP contribution in [0.1, 0.15) is 42.4 Å². The number of nitrogens with zero attached hydrogens (tertiary/aromatic N) is 4. The summed E-state index contributed by atoms with van der Waals surface area (Å²) in [4.78, 5) is 4.31. The van der Waals surface area contributed by atoms with Crippen LogP contribution >= 0.6 is 0 Å². The number of aromatic nitrogens is 2. The van der Waals surface area contributed by atoms with E-state index in [4.69, 9.17) is 0 Å². The molecule has 0 spiro atoms. The lowest BCUT2D eigenvalue weighted by molar-refractivity contribution is 0.152. The van der Waals surface area contributed by atoms with E-state index in [9.17, 15) is 8.78 Å². The Morgan fingerprint density at radius 2 is 1.94 bits per heavy atom. The van der Waals surface area contributed by atoms with Gasteiger partial charge in [-0.1, -0.05) is 19.6 Å². The highest BCUT2D eigenvalue weighted by molar-refractivity contribution is 5.79. The van der Waals surface area contributed by atoms with Crippen LogP contribution in [0.15, 0.2) is 55.0 Å². The molecule has 2 aliphatic rings. The molecule has 0 aliphatic carbocycles. The molecule has 2 aliphatic heterocycles. The van der Waals surface area contributed by atoms with Crippen LogP contribution in [0.25, 0.3) is 11.1 Å². The summed E-state index contributed by atoms with van der Waals surface area (Å²) < 4.78 is 29.8. The number of alkyl halides is 2. The van der Waals surface area contributed by atoms with Crippen LogP contribution in [0.3, 0.4) is 0 Å². The largest absolute Gasteiger partial charge is 0.348 e. The van der Waals surface area contributed by atoms with Gasteiger partial charge in [0.25, 0.3) is 6.43 Å². The van der Waals surface area contributed by atoms with Gasteiger partial charge in [0, 0.05) is 66.6 Å². The van der Waals surface area contributed by atoms with Gasteiger partial charge >= 0.3 is 0 Å². The van der Waals surface area contributed by atoms with Gasteiger partial charge in [0.15, 0.2) is 0 Å².